The fraction of sp³-hybridized carbons (Fsp3) is 0.933. The van der Waals surface area contributed by atoms with E-state index >= 15 is 0 Å². The Morgan fingerprint density at radius 3 is 2.85 bits per heavy atom. The van der Waals surface area contributed by atoms with Gasteiger partial charge in [-0.1, -0.05) is 6.92 Å². The third-order valence-electron chi connectivity index (χ3n) is 4.07. The Labute approximate surface area is 123 Å². The van der Waals surface area contributed by atoms with E-state index in [1.54, 1.807) is 0 Å². The van der Waals surface area contributed by atoms with E-state index in [1.807, 2.05) is 0 Å². The second-order valence-electron chi connectivity index (χ2n) is 5.88. The number of carbonyl (C=O) groups excluding carboxylic acids is 1. The molecule has 0 bridgehead atoms. The molecule has 0 amide bonds. The summed E-state index contributed by atoms with van der Waals surface area (Å²) in [6, 6.07) is 0.476. The summed E-state index contributed by atoms with van der Waals surface area (Å²) in [4.78, 5) is 16.5. The maximum atomic E-state index is 11.8. The van der Waals surface area contributed by atoms with Crippen LogP contribution in [0.5, 0.6) is 0 Å². The van der Waals surface area contributed by atoms with Gasteiger partial charge in [0.25, 0.3) is 0 Å². The highest BCUT2D eigenvalue weighted by Crippen LogP contribution is 2.14. The van der Waals surface area contributed by atoms with Crippen molar-refractivity contribution >= 4 is 5.97 Å². The molecule has 5 heteroatoms. The summed E-state index contributed by atoms with van der Waals surface area (Å²) in [5.41, 5.74) is 0. The van der Waals surface area contributed by atoms with Gasteiger partial charge in [0, 0.05) is 19.1 Å². The maximum absolute atomic E-state index is 11.8. The molecule has 2 unspecified atom stereocenters. The van der Waals surface area contributed by atoms with Crippen molar-refractivity contribution in [3.63, 3.8) is 0 Å². The normalized spacial score (nSPS) is 21.9. The Morgan fingerprint density at radius 1 is 1.50 bits per heavy atom. The first-order valence-corrected chi connectivity index (χ1v) is 7.78. The highest BCUT2D eigenvalue weighted by atomic mass is 16.5. The van der Waals surface area contributed by atoms with Gasteiger partial charge in [0.1, 0.15) is 6.04 Å². The number of nitrogens with zero attached hydrogens (tertiary/aromatic N) is 2. The van der Waals surface area contributed by atoms with Crippen LogP contribution in [0.2, 0.25) is 0 Å². The molecule has 1 aliphatic heterocycles. The second-order valence-corrected chi connectivity index (χ2v) is 5.88. The Hall–Kier alpha value is -0.650. The molecule has 118 valence electrons. The Balaban J connectivity index is 2.39. The van der Waals surface area contributed by atoms with E-state index in [4.69, 9.17) is 4.74 Å². The number of hydrogen-bond acceptors (Lipinski definition) is 5. The Morgan fingerprint density at radius 2 is 2.25 bits per heavy atom. The quantitative estimate of drug-likeness (QED) is 0.673. The molecular formula is C15H31N3O2. The largest absolute Gasteiger partial charge is 0.468 e. The van der Waals surface area contributed by atoms with E-state index in [0.717, 1.165) is 39.0 Å². The molecule has 2 atom stereocenters. The number of likely N-dealkylation sites (tertiary alicyclic amines) is 1. The summed E-state index contributed by atoms with van der Waals surface area (Å²) in [6.45, 7) is 6.18. The van der Waals surface area contributed by atoms with Crippen LogP contribution in [0.4, 0.5) is 0 Å². The van der Waals surface area contributed by atoms with Crippen molar-refractivity contribution in [3.8, 4) is 0 Å². The molecule has 1 aliphatic rings. The Bertz CT molecular complexity index is 284. The van der Waals surface area contributed by atoms with Gasteiger partial charge >= 0.3 is 5.97 Å². The SMILES string of the molecule is CCCNC(CCN1CCCC(N(C)C)C1)C(=O)OC. The van der Waals surface area contributed by atoms with Gasteiger partial charge in [-0.2, -0.15) is 0 Å². The molecule has 1 N–H and O–H groups in total. The van der Waals surface area contributed by atoms with Crippen LogP contribution in [0, 0.1) is 0 Å². The molecule has 1 heterocycles. The highest BCUT2D eigenvalue weighted by molar-refractivity contribution is 5.75. The maximum Gasteiger partial charge on any atom is 0.322 e. The average molecular weight is 285 g/mol. The summed E-state index contributed by atoms with van der Waals surface area (Å²) in [5, 5.41) is 3.28. The van der Waals surface area contributed by atoms with Crippen LogP contribution >= 0.6 is 0 Å². The summed E-state index contributed by atoms with van der Waals surface area (Å²) in [6.07, 6.45) is 4.37. The zero-order valence-electron chi connectivity index (χ0n) is 13.5. The lowest BCUT2D eigenvalue weighted by Crippen LogP contribution is -2.47. The molecule has 1 saturated heterocycles. The van der Waals surface area contributed by atoms with Crippen LogP contribution in [0.1, 0.15) is 32.6 Å². The fourth-order valence-electron chi connectivity index (χ4n) is 2.73. The number of methoxy groups -OCH3 is 1. The smallest absolute Gasteiger partial charge is 0.322 e. The number of nitrogens with one attached hydrogen (secondary N) is 1. The molecule has 20 heavy (non-hydrogen) atoms. The number of esters is 1. The molecular weight excluding hydrogens is 254 g/mol. The van der Waals surface area contributed by atoms with Gasteiger partial charge in [0.15, 0.2) is 0 Å². The van der Waals surface area contributed by atoms with Crippen molar-refractivity contribution in [2.24, 2.45) is 0 Å². The summed E-state index contributed by atoms with van der Waals surface area (Å²) < 4.78 is 4.88. The first kappa shape index (κ1) is 17.4. The minimum Gasteiger partial charge on any atom is -0.468 e. The van der Waals surface area contributed by atoms with Gasteiger partial charge in [0.05, 0.1) is 7.11 Å². The standard InChI is InChI=1S/C15H31N3O2/c1-5-9-16-14(15(19)20-4)8-11-18-10-6-7-13(12-18)17(2)3/h13-14,16H,5-12H2,1-4H3. The van der Waals surface area contributed by atoms with Gasteiger partial charge in [0.2, 0.25) is 0 Å². The monoisotopic (exact) mass is 285 g/mol. The number of likely N-dealkylation sites (N-methyl/N-ethyl adjacent to an activating group) is 1. The third kappa shape index (κ3) is 5.77. The van der Waals surface area contributed by atoms with Gasteiger partial charge in [-0.25, -0.2) is 0 Å². The van der Waals surface area contributed by atoms with Gasteiger partial charge in [-0.15, -0.1) is 0 Å². The number of rotatable bonds is 8. The lowest BCUT2D eigenvalue weighted by molar-refractivity contribution is -0.143. The van der Waals surface area contributed by atoms with E-state index in [0.29, 0.717) is 6.04 Å². The average Bonchev–Trinajstić information content (AvgIpc) is 2.47. The van der Waals surface area contributed by atoms with Crippen molar-refractivity contribution in [1.29, 1.82) is 0 Å². The fourth-order valence-corrected chi connectivity index (χ4v) is 2.73. The molecule has 0 aromatic heterocycles. The van der Waals surface area contributed by atoms with Gasteiger partial charge in [-0.3, -0.25) is 4.79 Å². The first-order valence-electron chi connectivity index (χ1n) is 7.78. The molecule has 0 radical (unpaired) electrons. The van der Waals surface area contributed by atoms with E-state index in [1.165, 1.54) is 20.0 Å². The Kier molecular flexibility index (Phi) is 8.11. The number of hydrogen-bond donors (Lipinski definition) is 1. The highest BCUT2D eigenvalue weighted by Gasteiger charge is 2.24. The van der Waals surface area contributed by atoms with Crippen LogP contribution < -0.4 is 5.32 Å². The van der Waals surface area contributed by atoms with E-state index < -0.39 is 0 Å². The van der Waals surface area contributed by atoms with Gasteiger partial charge < -0.3 is 19.9 Å². The molecule has 0 aliphatic carbocycles. The third-order valence-corrected chi connectivity index (χ3v) is 4.07. The number of carbonyl (C=O) groups is 1. The molecule has 5 nitrogen and oxygen atoms in total. The molecule has 0 aromatic carbocycles. The molecule has 0 saturated carbocycles. The van der Waals surface area contributed by atoms with Crippen molar-refractivity contribution < 1.29 is 9.53 Å². The van der Waals surface area contributed by atoms with Crippen molar-refractivity contribution in [2.45, 2.75) is 44.7 Å². The van der Waals surface area contributed by atoms with E-state index in [2.05, 4.69) is 36.1 Å². The van der Waals surface area contributed by atoms with Crippen LogP contribution in [-0.2, 0) is 9.53 Å². The van der Waals surface area contributed by atoms with Crippen LogP contribution in [0.15, 0.2) is 0 Å². The molecule has 1 rings (SSSR count). The predicted octanol–water partition coefficient (Wildman–Crippen LogP) is 0.944. The van der Waals surface area contributed by atoms with Crippen LogP contribution in [0.25, 0.3) is 0 Å². The second kappa shape index (κ2) is 9.32. The van der Waals surface area contributed by atoms with Crippen LogP contribution in [0.3, 0.4) is 0 Å². The number of ether oxygens (including phenoxy) is 1. The van der Waals surface area contributed by atoms with Crippen molar-refractivity contribution in [2.75, 3.05) is 47.4 Å². The zero-order chi connectivity index (χ0) is 15.0. The minimum atomic E-state index is -0.167. The van der Waals surface area contributed by atoms with Crippen LogP contribution in [-0.4, -0.2) is 75.2 Å². The van der Waals surface area contributed by atoms with E-state index in [9.17, 15) is 4.79 Å². The van der Waals surface area contributed by atoms with Gasteiger partial charge in [-0.05, 0) is 52.9 Å². The zero-order valence-corrected chi connectivity index (χ0v) is 13.5. The van der Waals surface area contributed by atoms with Crippen molar-refractivity contribution in [1.82, 2.24) is 15.1 Å². The summed E-state index contributed by atoms with van der Waals surface area (Å²) in [5.74, 6) is -0.139. The molecule has 0 aromatic rings. The number of piperidine rings is 1. The lowest BCUT2D eigenvalue weighted by Gasteiger charge is -2.36. The van der Waals surface area contributed by atoms with E-state index in [-0.39, 0.29) is 12.0 Å². The molecule has 0 spiro atoms. The summed E-state index contributed by atoms with van der Waals surface area (Å²) in [7, 11) is 5.76. The first-order chi connectivity index (χ1) is 9.58. The molecule has 1 fully saturated rings. The predicted molar refractivity (Wildman–Crippen MR) is 81.9 cm³/mol. The van der Waals surface area contributed by atoms with Crippen molar-refractivity contribution in [3.05, 3.63) is 0 Å². The lowest BCUT2D eigenvalue weighted by atomic mass is 10.0. The summed E-state index contributed by atoms with van der Waals surface area (Å²) >= 11 is 0. The minimum absolute atomic E-state index is 0.139. The topological polar surface area (TPSA) is 44.8 Å².